The molecule has 2 nitrogen and oxygen atoms in total. The monoisotopic (exact) mass is 185 g/mol. The van der Waals surface area contributed by atoms with Gasteiger partial charge in [0.2, 0.25) is 0 Å². The Morgan fingerprint density at radius 3 is 2.08 bits per heavy atom. The molecular weight excluding hydrogens is 162 g/mol. The van der Waals surface area contributed by atoms with E-state index in [4.69, 9.17) is 5.11 Å². The second kappa shape index (κ2) is 4.97. The summed E-state index contributed by atoms with van der Waals surface area (Å²) < 4.78 is 0. The van der Waals surface area contributed by atoms with Gasteiger partial charge in [-0.2, -0.15) is 0 Å². The second-order valence-corrected chi connectivity index (χ2v) is 5.01. The molecule has 0 aliphatic carbocycles. The third-order valence-corrected chi connectivity index (χ3v) is 2.78. The highest BCUT2D eigenvalue weighted by molar-refractivity contribution is 4.74. The van der Waals surface area contributed by atoms with E-state index in [1.165, 1.54) is 38.8 Å². The molecule has 0 saturated carbocycles. The van der Waals surface area contributed by atoms with Crippen molar-refractivity contribution < 1.29 is 5.11 Å². The number of nitrogens with zero attached hydrogens (tertiary/aromatic N) is 1. The Balaban J connectivity index is 2.33. The number of likely N-dealkylation sites (tertiary alicyclic amines) is 1. The first-order chi connectivity index (χ1) is 6.14. The van der Waals surface area contributed by atoms with Crippen LogP contribution in [0, 0.1) is 5.41 Å². The second-order valence-electron chi connectivity index (χ2n) is 5.01. The van der Waals surface area contributed by atoms with Gasteiger partial charge in [-0.25, -0.2) is 0 Å². The minimum Gasteiger partial charge on any atom is -0.396 e. The number of rotatable bonds is 3. The standard InChI is InChI=1S/C11H23NO/c1-11(2,10-13)9-12-7-5-3-4-6-8-12/h13H,3-10H2,1-2H3. The Morgan fingerprint density at radius 1 is 1.08 bits per heavy atom. The summed E-state index contributed by atoms with van der Waals surface area (Å²) in [5.41, 5.74) is 0.0738. The summed E-state index contributed by atoms with van der Waals surface area (Å²) in [6.45, 7) is 8.07. The summed E-state index contributed by atoms with van der Waals surface area (Å²) >= 11 is 0. The molecule has 1 heterocycles. The summed E-state index contributed by atoms with van der Waals surface area (Å²) in [5.74, 6) is 0. The molecule has 0 amide bonds. The third-order valence-electron chi connectivity index (χ3n) is 2.78. The fourth-order valence-corrected chi connectivity index (χ4v) is 1.95. The van der Waals surface area contributed by atoms with Crippen LogP contribution in [0.5, 0.6) is 0 Å². The molecule has 78 valence electrons. The lowest BCUT2D eigenvalue weighted by atomic mass is 9.94. The first kappa shape index (κ1) is 11.0. The van der Waals surface area contributed by atoms with E-state index in [1.54, 1.807) is 0 Å². The van der Waals surface area contributed by atoms with Crippen LogP contribution in [0.25, 0.3) is 0 Å². The van der Waals surface area contributed by atoms with Crippen molar-refractivity contribution in [2.75, 3.05) is 26.2 Å². The first-order valence-electron chi connectivity index (χ1n) is 5.47. The van der Waals surface area contributed by atoms with E-state index in [2.05, 4.69) is 18.7 Å². The molecule has 2 heteroatoms. The van der Waals surface area contributed by atoms with E-state index in [1.807, 2.05) is 0 Å². The highest BCUT2D eigenvalue weighted by Crippen LogP contribution is 2.18. The van der Waals surface area contributed by atoms with Gasteiger partial charge in [0.1, 0.15) is 0 Å². The van der Waals surface area contributed by atoms with E-state index in [9.17, 15) is 0 Å². The Morgan fingerprint density at radius 2 is 1.62 bits per heavy atom. The Labute approximate surface area is 81.9 Å². The molecule has 0 aromatic carbocycles. The topological polar surface area (TPSA) is 23.5 Å². The van der Waals surface area contributed by atoms with Crippen molar-refractivity contribution in [3.8, 4) is 0 Å². The van der Waals surface area contributed by atoms with Crippen molar-refractivity contribution in [2.24, 2.45) is 5.41 Å². The fraction of sp³-hybridized carbons (Fsp3) is 1.00. The average Bonchev–Trinajstić information content (AvgIpc) is 2.32. The summed E-state index contributed by atoms with van der Waals surface area (Å²) in [6, 6.07) is 0. The average molecular weight is 185 g/mol. The van der Waals surface area contributed by atoms with Crippen LogP contribution < -0.4 is 0 Å². The molecule has 1 rings (SSSR count). The Bertz CT molecular complexity index is 137. The molecule has 1 N–H and O–H groups in total. The molecule has 1 fully saturated rings. The maximum atomic E-state index is 9.17. The van der Waals surface area contributed by atoms with E-state index in [0.29, 0.717) is 6.61 Å². The lowest BCUT2D eigenvalue weighted by molar-refractivity contribution is 0.105. The number of aliphatic hydroxyl groups excluding tert-OH is 1. The molecule has 0 radical (unpaired) electrons. The van der Waals surface area contributed by atoms with Crippen molar-refractivity contribution >= 4 is 0 Å². The van der Waals surface area contributed by atoms with Gasteiger partial charge in [0.15, 0.2) is 0 Å². The van der Waals surface area contributed by atoms with Gasteiger partial charge in [-0.1, -0.05) is 26.7 Å². The minimum atomic E-state index is 0.0738. The van der Waals surface area contributed by atoms with Gasteiger partial charge in [0.25, 0.3) is 0 Å². The molecule has 1 saturated heterocycles. The molecule has 0 aromatic rings. The zero-order chi connectivity index (χ0) is 9.73. The number of hydrogen-bond acceptors (Lipinski definition) is 2. The highest BCUT2D eigenvalue weighted by Gasteiger charge is 2.21. The van der Waals surface area contributed by atoms with Gasteiger partial charge in [0, 0.05) is 18.6 Å². The van der Waals surface area contributed by atoms with Crippen LogP contribution in [-0.2, 0) is 0 Å². The number of aliphatic hydroxyl groups is 1. The molecule has 1 aliphatic heterocycles. The minimum absolute atomic E-state index is 0.0738. The molecule has 0 bridgehead atoms. The summed E-state index contributed by atoms with van der Waals surface area (Å²) in [5, 5.41) is 9.17. The van der Waals surface area contributed by atoms with Gasteiger partial charge in [-0.05, 0) is 25.9 Å². The van der Waals surface area contributed by atoms with Crippen LogP contribution >= 0.6 is 0 Å². The van der Waals surface area contributed by atoms with Gasteiger partial charge in [0.05, 0.1) is 0 Å². The van der Waals surface area contributed by atoms with Crippen LogP contribution in [0.1, 0.15) is 39.5 Å². The molecule has 0 unspecified atom stereocenters. The summed E-state index contributed by atoms with van der Waals surface area (Å²) in [7, 11) is 0. The van der Waals surface area contributed by atoms with Crippen LogP contribution in [0.2, 0.25) is 0 Å². The van der Waals surface area contributed by atoms with E-state index in [0.717, 1.165) is 6.54 Å². The van der Waals surface area contributed by atoms with Crippen molar-refractivity contribution in [1.82, 2.24) is 4.90 Å². The molecule has 1 aliphatic rings. The Hall–Kier alpha value is -0.0800. The van der Waals surface area contributed by atoms with Gasteiger partial charge >= 0.3 is 0 Å². The molecular formula is C11H23NO. The quantitative estimate of drug-likeness (QED) is 0.725. The van der Waals surface area contributed by atoms with Crippen molar-refractivity contribution in [3.05, 3.63) is 0 Å². The lowest BCUT2D eigenvalue weighted by Crippen LogP contribution is -2.36. The normalized spacial score (nSPS) is 21.5. The van der Waals surface area contributed by atoms with Crippen molar-refractivity contribution in [2.45, 2.75) is 39.5 Å². The predicted octanol–water partition coefficient (Wildman–Crippen LogP) is 1.88. The maximum absolute atomic E-state index is 9.17. The zero-order valence-electron chi connectivity index (χ0n) is 9.05. The summed E-state index contributed by atoms with van der Waals surface area (Å²) in [4.78, 5) is 2.50. The highest BCUT2D eigenvalue weighted by atomic mass is 16.3. The van der Waals surface area contributed by atoms with E-state index >= 15 is 0 Å². The van der Waals surface area contributed by atoms with Crippen molar-refractivity contribution in [3.63, 3.8) is 0 Å². The fourth-order valence-electron chi connectivity index (χ4n) is 1.95. The maximum Gasteiger partial charge on any atom is 0.0494 e. The van der Waals surface area contributed by atoms with Crippen LogP contribution in [-0.4, -0.2) is 36.2 Å². The molecule has 0 atom stereocenters. The van der Waals surface area contributed by atoms with Gasteiger partial charge in [-0.15, -0.1) is 0 Å². The van der Waals surface area contributed by atoms with Gasteiger partial charge in [-0.3, -0.25) is 0 Å². The SMILES string of the molecule is CC(C)(CO)CN1CCCCCC1. The first-order valence-corrected chi connectivity index (χ1v) is 5.47. The smallest absolute Gasteiger partial charge is 0.0494 e. The van der Waals surface area contributed by atoms with E-state index in [-0.39, 0.29) is 5.41 Å². The zero-order valence-corrected chi connectivity index (χ0v) is 9.05. The lowest BCUT2D eigenvalue weighted by Gasteiger charge is -2.30. The third kappa shape index (κ3) is 4.10. The molecule has 0 aromatic heterocycles. The largest absolute Gasteiger partial charge is 0.396 e. The predicted molar refractivity (Wildman–Crippen MR) is 55.8 cm³/mol. The van der Waals surface area contributed by atoms with Gasteiger partial charge < -0.3 is 10.0 Å². The van der Waals surface area contributed by atoms with Crippen molar-refractivity contribution in [1.29, 1.82) is 0 Å². The number of hydrogen-bond donors (Lipinski definition) is 1. The molecule has 13 heavy (non-hydrogen) atoms. The van der Waals surface area contributed by atoms with E-state index < -0.39 is 0 Å². The molecule has 0 spiro atoms. The Kier molecular flexibility index (Phi) is 4.20. The summed E-state index contributed by atoms with van der Waals surface area (Å²) in [6.07, 6.45) is 5.44. The van der Waals surface area contributed by atoms with Crippen LogP contribution in [0.4, 0.5) is 0 Å². The van der Waals surface area contributed by atoms with Crippen LogP contribution in [0.15, 0.2) is 0 Å². The van der Waals surface area contributed by atoms with Crippen LogP contribution in [0.3, 0.4) is 0 Å².